The fraction of sp³-hybridized carbons (Fsp3) is 0.455. The molecule has 2 fully saturated rings. The van der Waals surface area contributed by atoms with Crippen molar-refractivity contribution < 1.29 is 19.2 Å². The van der Waals surface area contributed by atoms with Gasteiger partial charge in [-0.15, -0.1) is 0 Å². The number of para-hydroxylation sites is 2. The largest absolute Gasteiger partial charge is 0.366 e. The lowest BCUT2D eigenvalue weighted by molar-refractivity contribution is -0.137. The third kappa shape index (κ3) is 5.76. The van der Waals surface area contributed by atoms with E-state index < -0.39 is 0 Å². The Kier molecular flexibility index (Phi) is 8.94. The quantitative estimate of drug-likeness (QED) is 0.197. The molecule has 0 saturated carbocycles. The zero-order chi connectivity index (χ0) is 37.1. The molecule has 0 unspecified atom stereocenters. The smallest absolute Gasteiger partial charge is 0.277 e. The van der Waals surface area contributed by atoms with Gasteiger partial charge in [0.1, 0.15) is 11.4 Å². The highest BCUT2D eigenvalue weighted by molar-refractivity contribution is 6.38. The Morgan fingerprint density at radius 2 is 0.907 bits per heavy atom. The number of piperidine rings is 2. The number of hydrogen-bond acceptors (Lipinski definition) is 6. The Hall–Kier alpha value is -5.12. The molecule has 2 aromatic heterocycles. The van der Waals surface area contributed by atoms with E-state index in [4.69, 9.17) is 0 Å². The number of aryl methyl sites for hydroxylation is 2. The van der Waals surface area contributed by atoms with E-state index in [9.17, 15) is 19.2 Å². The van der Waals surface area contributed by atoms with Crippen molar-refractivity contribution in [2.75, 3.05) is 40.3 Å². The van der Waals surface area contributed by atoms with Crippen LogP contribution in [0.1, 0.15) is 86.7 Å². The van der Waals surface area contributed by atoms with Crippen molar-refractivity contribution in [2.24, 2.45) is 11.8 Å². The van der Waals surface area contributed by atoms with Gasteiger partial charge in [0, 0.05) is 84.6 Å². The van der Waals surface area contributed by atoms with E-state index in [0.717, 1.165) is 148 Å². The first kappa shape index (κ1) is 34.6. The monoisotopic (exact) mass is 726 g/mol. The molecule has 7 aliphatic heterocycles. The summed E-state index contributed by atoms with van der Waals surface area (Å²) in [5.41, 5.74) is 7.89. The Morgan fingerprint density at radius 1 is 0.500 bits per heavy atom. The summed E-state index contributed by atoms with van der Waals surface area (Å²) in [6.45, 7) is 3.11. The van der Waals surface area contributed by atoms with Gasteiger partial charge in [-0.3, -0.25) is 29.0 Å². The van der Waals surface area contributed by atoms with E-state index in [2.05, 4.69) is 31.9 Å². The number of nitrogens with one attached hydrogen (secondary N) is 2. The summed E-state index contributed by atoms with van der Waals surface area (Å²) in [5.74, 6) is 0.361. The second-order valence-electron chi connectivity index (χ2n) is 16.2. The maximum absolute atomic E-state index is 14.0. The van der Waals surface area contributed by atoms with Crippen LogP contribution in [0.5, 0.6) is 0 Å². The van der Waals surface area contributed by atoms with Crippen LogP contribution in [0.25, 0.3) is 33.0 Å². The number of likely N-dealkylation sites (N-methyl/N-ethyl adjacent to an activating group) is 2. The fourth-order valence-electron chi connectivity index (χ4n) is 10.00. The van der Waals surface area contributed by atoms with E-state index in [1.165, 1.54) is 9.80 Å². The summed E-state index contributed by atoms with van der Waals surface area (Å²) >= 11 is 0. The summed E-state index contributed by atoms with van der Waals surface area (Å²) in [6.07, 6.45) is 11.7. The average Bonchev–Trinajstić information content (AvgIpc) is 3.87. The van der Waals surface area contributed by atoms with Gasteiger partial charge in [0.2, 0.25) is 0 Å². The Balaban J connectivity index is 1.08. The Bertz CT molecular complexity index is 2090. The number of nitrogens with zero attached hydrogens (tertiary/aromatic N) is 4. The van der Waals surface area contributed by atoms with Gasteiger partial charge in [-0.1, -0.05) is 62.1 Å². The summed E-state index contributed by atoms with van der Waals surface area (Å²) in [6, 6.07) is 16.2. The van der Waals surface area contributed by atoms with Gasteiger partial charge in [0.15, 0.2) is 0 Å². The number of aromatic amines is 2. The molecule has 0 spiro atoms. The van der Waals surface area contributed by atoms with Crippen molar-refractivity contribution in [1.82, 2.24) is 29.6 Å². The van der Waals surface area contributed by atoms with Crippen LogP contribution in [-0.4, -0.2) is 93.5 Å². The molecule has 2 saturated heterocycles. The number of rotatable bonds is 0. The molecule has 4 amide bonds. The zero-order valence-electron chi connectivity index (χ0n) is 31.5. The highest BCUT2D eigenvalue weighted by Crippen LogP contribution is 2.41. The van der Waals surface area contributed by atoms with Gasteiger partial charge in [-0.2, -0.15) is 0 Å². The third-order valence-corrected chi connectivity index (χ3v) is 13.0. The maximum atomic E-state index is 14.0. The molecule has 10 heteroatoms. The lowest BCUT2D eigenvalue weighted by Gasteiger charge is -2.35. The molecule has 0 radical (unpaired) electrons. The van der Waals surface area contributed by atoms with Gasteiger partial charge in [0.25, 0.3) is 23.6 Å². The fourth-order valence-corrected chi connectivity index (χ4v) is 10.00. The number of carbonyl (C=O) groups is 4. The van der Waals surface area contributed by atoms with Crippen molar-refractivity contribution >= 4 is 56.6 Å². The number of imide groups is 2. The highest BCUT2D eigenvalue weighted by Gasteiger charge is 2.43. The third-order valence-electron chi connectivity index (χ3n) is 13.0. The lowest BCUT2D eigenvalue weighted by Crippen LogP contribution is -2.38. The predicted octanol–water partition coefficient (Wildman–Crippen LogP) is 6.63. The number of benzene rings is 2. The molecule has 0 aliphatic carbocycles. The van der Waals surface area contributed by atoms with Crippen LogP contribution in [0.15, 0.2) is 59.9 Å². The highest BCUT2D eigenvalue weighted by atomic mass is 16.2. The van der Waals surface area contributed by atoms with Crippen LogP contribution in [0, 0.1) is 11.8 Å². The van der Waals surface area contributed by atoms with Crippen LogP contribution >= 0.6 is 0 Å². The van der Waals surface area contributed by atoms with Crippen LogP contribution in [-0.2, 0) is 32.0 Å². The first-order valence-electron chi connectivity index (χ1n) is 20.1. The van der Waals surface area contributed by atoms with Gasteiger partial charge in [0.05, 0.1) is 11.1 Å². The number of fused-ring (bicyclic) bond motifs is 4. The van der Waals surface area contributed by atoms with Crippen molar-refractivity contribution in [3.63, 3.8) is 0 Å². The van der Waals surface area contributed by atoms with Gasteiger partial charge in [-0.05, 0) is 75.3 Å². The lowest BCUT2D eigenvalue weighted by atomic mass is 9.86. The number of aromatic nitrogens is 2. The molecule has 2 aromatic carbocycles. The molecule has 11 rings (SSSR count). The number of hydrogen-bond donors (Lipinski definition) is 2. The predicted molar refractivity (Wildman–Crippen MR) is 210 cm³/mol. The summed E-state index contributed by atoms with van der Waals surface area (Å²) in [5, 5.41) is 1.95. The first-order chi connectivity index (χ1) is 26.3. The summed E-state index contributed by atoms with van der Waals surface area (Å²) in [7, 11) is 3.23. The second kappa shape index (κ2) is 13.9. The molecule has 0 atom stereocenters. The molecule has 4 bridgehead atoms. The minimum atomic E-state index is -0.221. The molecular weight excluding hydrogens is 677 g/mol. The maximum Gasteiger partial charge on any atom is 0.277 e. The van der Waals surface area contributed by atoms with Crippen molar-refractivity contribution in [3.05, 3.63) is 82.4 Å². The normalized spacial score (nSPS) is 23.5. The first-order valence-corrected chi connectivity index (χ1v) is 20.1. The minimum absolute atomic E-state index is 0.196. The molecule has 4 aromatic rings. The minimum Gasteiger partial charge on any atom is -0.366 e. The SMILES string of the molecule is CN1C(=O)C2=C(C1=O)N1CCC(CCCC3CCN(CC3)C3=C(C(=O)N(C)C3=O)c3c([nH]c4ccccc34)CCCCCc3[nH]c4ccccc4c32)CC1. The Labute approximate surface area is 316 Å². The molecule has 10 nitrogen and oxygen atoms in total. The van der Waals surface area contributed by atoms with E-state index >= 15 is 0 Å². The van der Waals surface area contributed by atoms with Gasteiger partial charge in [-0.25, -0.2) is 0 Å². The van der Waals surface area contributed by atoms with E-state index in [1.807, 2.05) is 36.4 Å². The van der Waals surface area contributed by atoms with Crippen LogP contribution in [0.4, 0.5) is 0 Å². The van der Waals surface area contributed by atoms with Gasteiger partial charge < -0.3 is 19.8 Å². The van der Waals surface area contributed by atoms with E-state index in [1.54, 1.807) is 14.1 Å². The van der Waals surface area contributed by atoms with Crippen molar-refractivity contribution in [1.29, 1.82) is 0 Å². The summed E-state index contributed by atoms with van der Waals surface area (Å²) in [4.78, 5) is 69.9. The molecule has 280 valence electrons. The average molecular weight is 727 g/mol. The number of carbonyl (C=O) groups excluding carboxylic acids is 4. The molecule has 9 heterocycles. The number of H-pyrrole nitrogens is 2. The van der Waals surface area contributed by atoms with Crippen molar-refractivity contribution in [2.45, 2.75) is 77.0 Å². The standard InChI is InChI=1S/C44H50N6O4/c1-47-41(51)37-35-29-13-6-8-15-31(29)45-33(35)17-4-3-5-18-34-36(30-14-7-9-16-32(30)46-34)38-40(44(54)48(2)42(38)52)50-25-21-28(22-26-50)12-10-11-27-19-23-49(24-20-27)39(37)43(47)53/h6-9,13-16,27-28,45-46H,3-5,10-12,17-26H2,1-2H3. The topological polar surface area (TPSA) is 113 Å². The second-order valence-corrected chi connectivity index (χ2v) is 16.2. The Morgan fingerprint density at radius 3 is 1.33 bits per heavy atom. The van der Waals surface area contributed by atoms with E-state index in [-0.39, 0.29) is 23.6 Å². The molecular formula is C44H50N6O4. The van der Waals surface area contributed by atoms with E-state index in [0.29, 0.717) is 34.4 Å². The zero-order valence-corrected chi connectivity index (χ0v) is 31.5. The molecule has 7 aliphatic rings. The summed E-state index contributed by atoms with van der Waals surface area (Å²) < 4.78 is 0. The molecule has 54 heavy (non-hydrogen) atoms. The van der Waals surface area contributed by atoms with Crippen LogP contribution in [0.2, 0.25) is 0 Å². The van der Waals surface area contributed by atoms with Crippen molar-refractivity contribution in [3.8, 4) is 0 Å². The van der Waals surface area contributed by atoms with Crippen LogP contribution in [0.3, 0.4) is 0 Å². The number of amides is 4. The van der Waals surface area contributed by atoms with Gasteiger partial charge >= 0.3 is 0 Å². The van der Waals surface area contributed by atoms with Crippen LogP contribution < -0.4 is 0 Å². The molecule has 2 N–H and O–H groups in total.